The number of aromatic nitrogens is 3. The average Bonchev–Trinajstić information content (AvgIpc) is 2.96. The monoisotopic (exact) mass is 270 g/mol. The number of carbonyl (C=O) groups excluding carboxylic acids is 1. The van der Waals surface area contributed by atoms with Crippen molar-refractivity contribution >= 4 is 22.9 Å². The predicted octanol–water partition coefficient (Wildman–Crippen LogP) is 2.35. The molecule has 0 spiro atoms. The van der Waals surface area contributed by atoms with Gasteiger partial charge < -0.3 is 9.51 Å². The lowest BCUT2D eigenvalue weighted by Gasteiger charge is -2.01. The molecule has 0 aliphatic heterocycles. The van der Waals surface area contributed by atoms with Gasteiger partial charge in [0.1, 0.15) is 5.76 Å². The first-order valence-corrected chi connectivity index (χ1v) is 6.30. The van der Waals surface area contributed by atoms with E-state index in [4.69, 9.17) is 4.52 Å². The topological polar surface area (TPSA) is 83.8 Å². The summed E-state index contributed by atoms with van der Waals surface area (Å²) in [6.07, 6.45) is 0.220. The number of imidazole rings is 1. The molecule has 2 N–H and O–H groups in total. The van der Waals surface area contributed by atoms with E-state index in [0.29, 0.717) is 11.7 Å². The number of amides is 1. The maximum absolute atomic E-state index is 12.0. The van der Waals surface area contributed by atoms with Crippen molar-refractivity contribution in [2.45, 2.75) is 20.3 Å². The second-order valence-corrected chi connectivity index (χ2v) is 4.63. The molecule has 3 aromatic rings. The highest BCUT2D eigenvalue weighted by molar-refractivity contribution is 5.92. The number of fused-ring (bicyclic) bond motifs is 1. The lowest BCUT2D eigenvalue weighted by atomic mass is 10.1. The van der Waals surface area contributed by atoms with Gasteiger partial charge in [-0.15, -0.1) is 0 Å². The minimum atomic E-state index is -0.154. The van der Waals surface area contributed by atoms with Crippen LogP contribution in [-0.2, 0) is 11.2 Å². The fourth-order valence-electron chi connectivity index (χ4n) is 2.10. The Morgan fingerprint density at radius 3 is 2.85 bits per heavy atom. The second kappa shape index (κ2) is 4.80. The molecule has 0 aliphatic carbocycles. The lowest BCUT2D eigenvalue weighted by molar-refractivity contribution is -0.115. The van der Waals surface area contributed by atoms with Gasteiger partial charge in [-0.25, -0.2) is 4.98 Å². The van der Waals surface area contributed by atoms with Crippen LogP contribution in [0.25, 0.3) is 11.0 Å². The molecular weight excluding hydrogens is 256 g/mol. The minimum Gasteiger partial charge on any atom is -0.361 e. The molecule has 0 saturated carbocycles. The SMILES string of the molecule is Cc1noc(C)c1CC(=O)Nc1nc2ccccc2[nH]1. The summed E-state index contributed by atoms with van der Waals surface area (Å²) in [5.74, 6) is 0.962. The van der Waals surface area contributed by atoms with Crippen molar-refractivity contribution in [1.29, 1.82) is 0 Å². The van der Waals surface area contributed by atoms with E-state index >= 15 is 0 Å². The van der Waals surface area contributed by atoms with Gasteiger partial charge in [-0.3, -0.25) is 10.1 Å². The van der Waals surface area contributed by atoms with E-state index < -0.39 is 0 Å². The van der Waals surface area contributed by atoms with Crippen LogP contribution in [0.5, 0.6) is 0 Å². The fraction of sp³-hybridized carbons (Fsp3) is 0.214. The second-order valence-electron chi connectivity index (χ2n) is 4.63. The number of hydrogen-bond acceptors (Lipinski definition) is 4. The van der Waals surface area contributed by atoms with E-state index in [9.17, 15) is 4.79 Å². The zero-order valence-corrected chi connectivity index (χ0v) is 11.2. The third-order valence-corrected chi connectivity index (χ3v) is 3.17. The van der Waals surface area contributed by atoms with E-state index in [1.54, 1.807) is 6.92 Å². The smallest absolute Gasteiger partial charge is 0.231 e. The quantitative estimate of drug-likeness (QED) is 0.765. The van der Waals surface area contributed by atoms with Crippen LogP contribution in [0.3, 0.4) is 0 Å². The first-order chi connectivity index (χ1) is 9.63. The maximum Gasteiger partial charge on any atom is 0.231 e. The van der Waals surface area contributed by atoms with Gasteiger partial charge in [0.15, 0.2) is 0 Å². The van der Waals surface area contributed by atoms with Gasteiger partial charge >= 0.3 is 0 Å². The van der Waals surface area contributed by atoms with Crippen molar-refractivity contribution in [2.24, 2.45) is 0 Å². The first kappa shape index (κ1) is 12.4. The molecule has 3 rings (SSSR count). The number of hydrogen-bond donors (Lipinski definition) is 2. The fourth-order valence-corrected chi connectivity index (χ4v) is 2.10. The molecule has 102 valence electrons. The predicted molar refractivity (Wildman–Crippen MR) is 74.4 cm³/mol. The van der Waals surface area contributed by atoms with Gasteiger partial charge in [0.25, 0.3) is 0 Å². The van der Waals surface area contributed by atoms with Crippen molar-refractivity contribution in [3.05, 3.63) is 41.3 Å². The molecule has 1 aromatic carbocycles. The molecule has 0 radical (unpaired) electrons. The number of benzene rings is 1. The molecule has 20 heavy (non-hydrogen) atoms. The van der Waals surface area contributed by atoms with Crippen molar-refractivity contribution in [3.8, 4) is 0 Å². The van der Waals surface area contributed by atoms with Crippen LogP contribution < -0.4 is 5.32 Å². The Hall–Kier alpha value is -2.63. The molecule has 0 bridgehead atoms. The van der Waals surface area contributed by atoms with Gasteiger partial charge in [-0.1, -0.05) is 17.3 Å². The number of nitrogens with one attached hydrogen (secondary N) is 2. The van der Waals surface area contributed by atoms with E-state index in [2.05, 4.69) is 20.4 Å². The van der Waals surface area contributed by atoms with Crippen LogP contribution in [0.15, 0.2) is 28.8 Å². The Morgan fingerprint density at radius 1 is 1.35 bits per heavy atom. The largest absolute Gasteiger partial charge is 0.361 e. The van der Waals surface area contributed by atoms with Gasteiger partial charge in [0, 0.05) is 5.56 Å². The summed E-state index contributed by atoms with van der Waals surface area (Å²) in [4.78, 5) is 19.4. The van der Waals surface area contributed by atoms with E-state index in [0.717, 1.165) is 22.3 Å². The number of H-pyrrole nitrogens is 1. The van der Waals surface area contributed by atoms with E-state index in [-0.39, 0.29) is 12.3 Å². The molecule has 6 heteroatoms. The van der Waals surface area contributed by atoms with Crippen LogP contribution >= 0.6 is 0 Å². The normalized spacial score (nSPS) is 10.9. The molecule has 2 heterocycles. The Bertz CT molecular complexity index is 720. The highest BCUT2D eigenvalue weighted by atomic mass is 16.5. The number of rotatable bonds is 3. The molecular formula is C14H14N4O2. The summed E-state index contributed by atoms with van der Waals surface area (Å²) in [6, 6.07) is 7.61. The summed E-state index contributed by atoms with van der Waals surface area (Å²) in [5, 5.41) is 6.58. The maximum atomic E-state index is 12.0. The van der Waals surface area contributed by atoms with Crippen molar-refractivity contribution < 1.29 is 9.32 Å². The Labute approximate surface area is 115 Å². The number of nitrogens with zero attached hydrogens (tertiary/aromatic N) is 2. The molecule has 0 atom stereocenters. The highest BCUT2D eigenvalue weighted by Gasteiger charge is 2.14. The van der Waals surface area contributed by atoms with E-state index in [1.807, 2.05) is 31.2 Å². The zero-order chi connectivity index (χ0) is 14.1. The van der Waals surface area contributed by atoms with Crippen molar-refractivity contribution in [3.63, 3.8) is 0 Å². The number of anilines is 1. The third kappa shape index (κ3) is 2.27. The van der Waals surface area contributed by atoms with Crippen LogP contribution in [0, 0.1) is 13.8 Å². The standard InChI is InChI=1S/C14H14N4O2/c1-8-10(9(2)20-18-8)7-13(19)17-14-15-11-5-3-4-6-12(11)16-14/h3-6H,7H2,1-2H3,(H2,15,16,17,19). The first-order valence-electron chi connectivity index (χ1n) is 6.30. The average molecular weight is 270 g/mol. The van der Waals surface area contributed by atoms with Crippen molar-refractivity contribution in [1.82, 2.24) is 15.1 Å². The number of aryl methyl sites for hydroxylation is 2. The Morgan fingerprint density at radius 2 is 2.15 bits per heavy atom. The van der Waals surface area contributed by atoms with Crippen molar-refractivity contribution in [2.75, 3.05) is 5.32 Å². The number of carbonyl (C=O) groups is 1. The lowest BCUT2D eigenvalue weighted by Crippen LogP contribution is -2.16. The van der Waals surface area contributed by atoms with E-state index in [1.165, 1.54) is 0 Å². The molecule has 0 saturated heterocycles. The number of para-hydroxylation sites is 2. The summed E-state index contributed by atoms with van der Waals surface area (Å²) in [6.45, 7) is 3.62. The molecule has 2 aromatic heterocycles. The third-order valence-electron chi connectivity index (χ3n) is 3.17. The Kier molecular flexibility index (Phi) is 2.98. The molecule has 0 aliphatic rings. The highest BCUT2D eigenvalue weighted by Crippen LogP contribution is 2.15. The van der Waals surface area contributed by atoms with Crippen LogP contribution in [0.4, 0.5) is 5.95 Å². The molecule has 0 unspecified atom stereocenters. The number of aromatic amines is 1. The summed E-state index contributed by atoms with van der Waals surface area (Å²) in [7, 11) is 0. The summed E-state index contributed by atoms with van der Waals surface area (Å²) < 4.78 is 5.04. The molecule has 1 amide bonds. The summed E-state index contributed by atoms with van der Waals surface area (Å²) >= 11 is 0. The van der Waals surface area contributed by atoms with Gasteiger partial charge in [0.05, 0.1) is 23.1 Å². The summed E-state index contributed by atoms with van der Waals surface area (Å²) in [5.41, 5.74) is 3.26. The van der Waals surface area contributed by atoms with Gasteiger partial charge in [-0.05, 0) is 26.0 Å². The minimum absolute atomic E-state index is 0.154. The van der Waals surface area contributed by atoms with Crippen LogP contribution in [-0.4, -0.2) is 21.0 Å². The zero-order valence-electron chi connectivity index (χ0n) is 11.2. The molecule has 0 fully saturated rings. The van der Waals surface area contributed by atoms with Crippen LogP contribution in [0.2, 0.25) is 0 Å². The molecule has 6 nitrogen and oxygen atoms in total. The van der Waals surface area contributed by atoms with Gasteiger partial charge in [0.2, 0.25) is 11.9 Å². The Balaban J connectivity index is 1.76. The van der Waals surface area contributed by atoms with Gasteiger partial charge in [-0.2, -0.15) is 0 Å². The van der Waals surface area contributed by atoms with Crippen LogP contribution in [0.1, 0.15) is 17.0 Å².